The molecule has 0 amide bonds. The lowest BCUT2D eigenvalue weighted by Gasteiger charge is -2.27. The smallest absolute Gasteiger partial charge is 0.200 e. The summed E-state index contributed by atoms with van der Waals surface area (Å²) in [7, 11) is 0. The van der Waals surface area contributed by atoms with Crippen LogP contribution in [0.1, 0.15) is 0 Å². The molecule has 5 heteroatoms. The van der Waals surface area contributed by atoms with Crippen LogP contribution in [0.3, 0.4) is 0 Å². The van der Waals surface area contributed by atoms with Crippen molar-refractivity contribution < 1.29 is 4.42 Å². The van der Waals surface area contributed by atoms with E-state index in [0.717, 1.165) is 61.6 Å². The summed E-state index contributed by atoms with van der Waals surface area (Å²) in [5.74, 6) is 0. The minimum Gasteiger partial charge on any atom is -0.456 e. The number of rotatable bonds is 8. The highest BCUT2D eigenvalue weighted by molar-refractivity contribution is 7.25. The first-order valence-corrected chi connectivity index (χ1v) is 25.1. The minimum atomic E-state index is -0.0106. The molecule has 72 heavy (non-hydrogen) atoms. The zero-order valence-electron chi connectivity index (χ0n) is 38.9. The standard InChI is InChI=1S/C67H42N2O2S/c70-67-57-21-10-12-22-63(57)71-64-39-48(30-34-58(64)67)47-26-24-45(25-27-47)46-28-31-52(32-29-46)69-61-40-53(33-35-55(61)59-41-60-56-20-11-13-23-65(56)72-66(60)42-62(59)69)68(51-18-8-3-9-19-51)54-37-49(43-14-4-1-5-15-43)36-50(38-54)44-16-6-2-7-17-44/h1-42H. The Labute approximate surface area is 419 Å². The normalized spacial score (nSPS) is 11.7. The number of para-hydroxylation sites is 2. The van der Waals surface area contributed by atoms with Crippen molar-refractivity contribution in [1.82, 2.24) is 4.57 Å². The molecule has 0 radical (unpaired) electrons. The van der Waals surface area contributed by atoms with Gasteiger partial charge in [-0.2, -0.15) is 0 Å². The molecule has 0 aliphatic heterocycles. The third-order valence-corrected chi connectivity index (χ3v) is 15.3. The van der Waals surface area contributed by atoms with Gasteiger partial charge < -0.3 is 13.9 Å². The van der Waals surface area contributed by atoms with Gasteiger partial charge in [-0.15, -0.1) is 11.3 Å². The molecule has 0 fully saturated rings. The van der Waals surface area contributed by atoms with Crippen molar-refractivity contribution in [3.63, 3.8) is 0 Å². The third kappa shape index (κ3) is 7.09. The van der Waals surface area contributed by atoms with E-state index in [1.165, 1.54) is 47.6 Å². The largest absolute Gasteiger partial charge is 0.456 e. The molecule has 3 aromatic heterocycles. The fraction of sp³-hybridized carbons (Fsp3) is 0. The molecule has 14 aromatic rings. The molecule has 11 aromatic carbocycles. The number of thiophene rings is 1. The summed E-state index contributed by atoms with van der Waals surface area (Å²) < 4.78 is 11.2. The van der Waals surface area contributed by atoms with Gasteiger partial charge in [0.2, 0.25) is 5.43 Å². The van der Waals surface area contributed by atoms with E-state index < -0.39 is 0 Å². The van der Waals surface area contributed by atoms with Crippen LogP contribution in [0.15, 0.2) is 264 Å². The lowest BCUT2D eigenvalue weighted by atomic mass is 9.97. The van der Waals surface area contributed by atoms with Crippen LogP contribution in [0, 0.1) is 0 Å². The summed E-state index contributed by atoms with van der Waals surface area (Å²) in [6, 6.07) is 90.4. The summed E-state index contributed by atoms with van der Waals surface area (Å²) >= 11 is 1.85. The minimum absolute atomic E-state index is 0.0106. The van der Waals surface area contributed by atoms with E-state index in [4.69, 9.17) is 4.42 Å². The predicted molar refractivity (Wildman–Crippen MR) is 304 cm³/mol. The second-order valence-electron chi connectivity index (χ2n) is 18.4. The van der Waals surface area contributed by atoms with Crippen LogP contribution >= 0.6 is 11.3 Å². The van der Waals surface area contributed by atoms with Crippen molar-refractivity contribution >= 4 is 92.3 Å². The third-order valence-electron chi connectivity index (χ3n) is 14.2. The molecule has 0 atom stereocenters. The van der Waals surface area contributed by atoms with E-state index >= 15 is 0 Å². The second kappa shape index (κ2) is 17.0. The van der Waals surface area contributed by atoms with E-state index in [2.05, 4.69) is 222 Å². The Kier molecular flexibility index (Phi) is 9.83. The van der Waals surface area contributed by atoms with Gasteiger partial charge in [0, 0.05) is 53.7 Å². The number of nitrogens with zero attached hydrogens (tertiary/aromatic N) is 2. The maximum Gasteiger partial charge on any atom is 0.200 e. The van der Waals surface area contributed by atoms with E-state index in [1.54, 1.807) is 0 Å². The molecule has 338 valence electrons. The molecule has 0 saturated carbocycles. The summed E-state index contributed by atoms with van der Waals surface area (Å²) in [4.78, 5) is 15.6. The van der Waals surface area contributed by atoms with Crippen LogP contribution in [0.25, 0.3) is 114 Å². The van der Waals surface area contributed by atoms with Crippen molar-refractivity contribution in [1.29, 1.82) is 0 Å². The lowest BCUT2D eigenvalue weighted by Crippen LogP contribution is -2.10. The van der Waals surface area contributed by atoms with Crippen molar-refractivity contribution in [2.24, 2.45) is 0 Å². The molecule has 0 saturated heterocycles. The highest BCUT2D eigenvalue weighted by Gasteiger charge is 2.21. The first-order valence-electron chi connectivity index (χ1n) is 24.3. The van der Waals surface area contributed by atoms with Crippen LogP contribution in [-0.2, 0) is 0 Å². The Morgan fingerprint density at radius 2 is 0.861 bits per heavy atom. The molecule has 0 aliphatic carbocycles. The summed E-state index contributed by atoms with van der Waals surface area (Å²) in [6.07, 6.45) is 0. The molecular formula is C67H42N2O2S. The van der Waals surface area contributed by atoms with Gasteiger partial charge in [-0.25, -0.2) is 0 Å². The fourth-order valence-corrected chi connectivity index (χ4v) is 11.8. The second-order valence-corrected chi connectivity index (χ2v) is 19.5. The van der Waals surface area contributed by atoms with Gasteiger partial charge in [0.05, 0.1) is 21.8 Å². The van der Waals surface area contributed by atoms with Crippen LogP contribution < -0.4 is 10.3 Å². The van der Waals surface area contributed by atoms with Crippen molar-refractivity contribution in [2.75, 3.05) is 4.90 Å². The maximum atomic E-state index is 13.2. The van der Waals surface area contributed by atoms with E-state index in [9.17, 15) is 4.79 Å². The number of hydrogen-bond donors (Lipinski definition) is 0. The lowest BCUT2D eigenvalue weighted by molar-refractivity contribution is 0.660. The highest BCUT2D eigenvalue weighted by atomic mass is 32.1. The van der Waals surface area contributed by atoms with Gasteiger partial charge in [0.1, 0.15) is 11.2 Å². The average molecular weight is 939 g/mol. The molecule has 14 rings (SSSR count). The Hall–Kier alpha value is -9.29. The van der Waals surface area contributed by atoms with Crippen LogP contribution in [0.5, 0.6) is 0 Å². The van der Waals surface area contributed by atoms with Gasteiger partial charge in [-0.3, -0.25) is 4.79 Å². The number of anilines is 3. The fourth-order valence-electron chi connectivity index (χ4n) is 10.6. The number of hydrogen-bond acceptors (Lipinski definition) is 4. The van der Waals surface area contributed by atoms with E-state index in [1.807, 2.05) is 53.8 Å². The molecule has 0 N–H and O–H groups in total. The topological polar surface area (TPSA) is 38.4 Å². The van der Waals surface area contributed by atoms with Gasteiger partial charge in [-0.05, 0) is 142 Å². The van der Waals surface area contributed by atoms with Crippen molar-refractivity contribution in [2.45, 2.75) is 0 Å². The summed E-state index contributed by atoms with van der Waals surface area (Å²) in [5.41, 5.74) is 16.7. The van der Waals surface area contributed by atoms with E-state index in [-0.39, 0.29) is 5.43 Å². The first-order chi connectivity index (χ1) is 35.6. The summed E-state index contributed by atoms with van der Waals surface area (Å²) in [5, 5.41) is 6.17. The van der Waals surface area contributed by atoms with E-state index in [0.29, 0.717) is 21.9 Å². The monoisotopic (exact) mass is 938 g/mol. The Balaban J connectivity index is 0.904. The Bertz CT molecular complexity index is 4380. The average Bonchev–Trinajstić information content (AvgIpc) is 3.97. The molecular weight excluding hydrogens is 897 g/mol. The van der Waals surface area contributed by atoms with Crippen molar-refractivity contribution in [3.05, 3.63) is 265 Å². The maximum absolute atomic E-state index is 13.2. The molecule has 0 unspecified atom stereocenters. The molecule has 4 nitrogen and oxygen atoms in total. The molecule has 0 bridgehead atoms. The highest BCUT2D eigenvalue weighted by Crippen LogP contribution is 2.45. The van der Waals surface area contributed by atoms with Gasteiger partial charge >= 0.3 is 0 Å². The zero-order chi connectivity index (χ0) is 47.7. The van der Waals surface area contributed by atoms with Crippen LogP contribution in [0.4, 0.5) is 17.1 Å². The Morgan fingerprint density at radius 1 is 0.319 bits per heavy atom. The first kappa shape index (κ1) is 41.7. The molecule has 0 spiro atoms. The SMILES string of the molecule is O=c1c2ccccc2oc2cc(-c3ccc(-c4ccc(-n5c6cc(N(c7ccccc7)c7cc(-c8ccccc8)cc(-c8ccccc8)c7)ccc6c6cc7c(cc65)sc5ccccc57)cc4)cc3)ccc12. The van der Waals surface area contributed by atoms with Gasteiger partial charge in [0.25, 0.3) is 0 Å². The molecule has 3 heterocycles. The van der Waals surface area contributed by atoms with Crippen LogP contribution in [0.2, 0.25) is 0 Å². The predicted octanol–water partition coefficient (Wildman–Crippen LogP) is 18.5. The molecule has 0 aliphatic rings. The Morgan fingerprint density at radius 3 is 1.57 bits per heavy atom. The number of benzene rings is 11. The van der Waals surface area contributed by atoms with Gasteiger partial charge in [0.15, 0.2) is 0 Å². The zero-order valence-corrected chi connectivity index (χ0v) is 39.7. The quantitative estimate of drug-likeness (QED) is 0.143. The number of aromatic nitrogens is 1. The van der Waals surface area contributed by atoms with Gasteiger partial charge in [-0.1, -0.05) is 158 Å². The van der Waals surface area contributed by atoms with Crippen molar-refractivity contribution in [3.8, 4) is 50.2 Å². The summed E-state index contributed by atoms with van der Waals surface area (Å²) in [6.45, 7) is 0. The van der Waals surface area contributed by atoms with Crippen LogP contribution in [-0.4, -0.2) is 4.57 Å². The number of fused-ring (bicyclic) bond motifs is 8.